The number of hydrogen-bond donors (Lipinski definition) is 4. The lowest BCUT2D eigenvalue weighted by Crippen LogP contribution is -2.61. The van der Waals surface area contributed by atoms with Gasteiger partial charge in [0.05, 0.1) is 18.2 Å². The number of aliphatic hydroxyl groups is 4. The Kier molecular flexibility index (Phi) is 2.29. The van der Waals surface area contributed by atoms with Crippen LogP contribution in [0.5, 0.6) is 0 Å². The summed E-state index contributed by atoms with van der Waals surface area (Å²) in [4.78, 5) is 1.83. The predicted octanol–water partition coefficient (Wildman–Crippen LogP) is -2.48. The van der Waals surface area contributed by atoms with E-state index in [1.165, 1.54) is 0 Å². The number of nitrogens with zero attached hydrogens (tertiary/aromatic N) is 1. The monoisotopic (exact) mass is 189 g/mol. The van der Waals surface area contributed by atoms with E-state index in [4.69, 9.17) is 0 Å². The van der Waals surface area contributed by atoms with Gasteiger partial charge in [0, 0.05) is 13.1 Å². The highest BCUT2D eigenvalue weighted by Gasteiger charge is 2.47. The molecule has 5 heteroatoms. The molecule has 2 heterocycles. The number of aliphatic hydroxyl groups excluding tert-OH is 4. The van der Waals surface area contributed by atoms with E-state index < -0.39 is 30.5 Å². The Balaban J connectivity index is 2.15. The molecule has 0 unspecified atom stereocenters. The molecule has 0 aromatic rings. The van der Waals surface area contributed by atoms with E-state index in [9.17, 15) is 20.4 Å². The van der Waals surface area contributed by atoms with Crippen LogP contribution < -0.4 is 0 Å². The first-order chi connectivity index (χ1) is 6.11. The predicted molar refractivity (Wildman–Crippen MR) is 44.0 cm³/mol. The molecule has 2 fully saturated rings. The molecule has 76 valence electrons. The molecule has 5 nitrogen and oxygen atoms in total. The Morgan fingerprint density at radius 3 is 2.31 bits per heavy atom. The van der Waals surface area contributed by atoms with Gasteiger partial charge in [-0.1, -0.05) is 0 Å². The van der Waals surface area contributed by atoms with Gasteiger partial charge in [0.2, 0.25) is 0 Å². The van der Waals surface area contributed by atoms with Crippen LogP contribution in [0.3, 0.4) is 0 Å². The van der Waals surface area contributed by atoms with Crippen molar-refractivity contribution in [3.05, 3.63) is 0 Å². The Labute approximate surface area is 76.2 Å². The van der Waals surface area contributed by atoms with Gasteiger partial charge in [-0.15, -0.1) is 0 Å². The van der Waals surface area contributed by atoms with Crippen molar-refractivity contribution in [2.24, 2.45) is 0 Å². The van der Waals surface area contributed by atoms with Gasteiger partial charge >= 0.3 is 0 Å². The van der Waals surface area contributed by atoms with Crippen molar-refractivity contribution in [3.8, 4) is 0 Å². The molecule has 0 bridgehead atoms. The molecule has 5 atom stereocenters. The molecule has 0 aromatic carbocycles. The molecule has 2 aliphatic rings. The van der Waals surface area contributed by atoms with Gasteiger partial charge in [0.25, 0.3) is 0 Å². The Bertz CT molecular complexity index is 201. The quantitative estimate of drug-likeness (QED) is 0.339. The average molecular weight is 189 g/mol. The lowest BCUT2D eigenvalue weighted by Gasteiger charge is -2.40. The van der Waals surface area contributed by atoms with Gasteiger partial charge in [0.1, 0.15) is 12.2 Å². The summed E-state index contributed by atoms with van der Waals surface area (Å²) in [5.74, 6) is 0. The number of fused-ring (bicyclic) bond motifs is 1. The van der Waals surface area contributed by atoms with Crippen molar-refractivity contribution in [2.45, 2.75) is 36.9 Å². The molecule has 0 radical (unpaired) electrons. The fraction of sp³-hybridized carbons (Fsp3) is 1.00. The van der Waals surface area contributed by atoms with Gasteiger partial charge in [-0.05, 0) is 6.42 Å². The number of piperidine rings is 1. The molecule has 2 rings (SSSR count). The largest absolute Gasteiger partial charge is 0.391 e. The van der Waals surface area contributed by atoms with Crippen LogP contribution in [-0.4, -0.2) is 68.9 Å². The SMILES string of the molecule is O[C@H]1[C@H](O)[C@@H](O)CN2CC[C@@H](O)[C@H]12. The second-order valence-corrected chi connectivity index (χ2v) is 3.89. The van der Waals surface area contributed by atoms with Crippen LogP contribution in [-0.2, 0) is 0 Å². The van der Waals surface area contributed by atoms with Crippen molar-refractivity contribution < 1.29 is 20.4 Å². The summed E-state index contributed by atoms with van der Waals surface area (Å²) < 4.78 is 0. The van der Waals surface area contributed by atoms with Gasteiger partial charge in [-0.2, -0.15) is 0 Å². The number of rotatable bonds is 0. The second-order valence-electron chi connectivity index (χ2n) is 3.89. The van der Waals surface area contributed by atoms with Crippen molar-refractivity contribution in [1.29, 1.82) is 0 Å². The lowest BCUT2D eigenvalue weighted by atomic mass is 9.93. The maximum atomic E-state index is 9.58. The van der Waals surface area contributed by atoms with E-state index >= 15 is 0 Å². The first-order valence-electron chi connectivity index (χ1n) is 4.57. The zero-order valence-electron chi connectivity index (χ0n) is 7.24. The van der Waals surface area contributed by atoms with E-state index in [2.05, 4.69) is 0 Å². The standard InChI is InChI=1S/C8H15NO4/c10-4-1-2-9-3-5(11)7(12)8(13)6(4)9/h4-8,10-13H,1-3H2/t4-,5+,6-,7-,8-/m1/s1. The lowest BCUT2D eigenvalue weighted by molar-refractivity contribution is -0.140. The summed E-state index contributed by atoms with van der Waals surface area (Å²) in [5.41, 5.74) is 0. The van der Waals surface area contributed by atoms with Crippen molar-refractivity contribution >= 4 is 0 Å². The highest BCUT2D eigenvalue weighted by atomic mass is 16.4. The van der Waals surface area contributed by atoms with Crippen molar-refractivity contribution in [3.63, 3.8) is 0 Å². The van der Waals surface area contributed by atoms with E-state index in [0.29, 0.717) is 19.5 Å². The van der Waals surface area contributed by atoms with E-state index in [-0.39, 0.29) is 0 Å². The molecule has 0 aromatic heterocycles. The molecular formula is C8H15NO4. The van der Waals surface area contributed by atoms with Crippen molar-refractivity contribution in [2.75, 3.05) is 13.1 Å². The third kappa shape index (κ3) is 1.37. The number of hydrogen-bond acceptors (Lipinski definition) is 5. The van der Waals surface area contributed by atoms with Gasteiger partial charge < -0.3 is 20.4 Å². The van der Waals surface area contributed by atoms with Crippen molar-refractivity contribution in [1.82, 2.24) is 4.90 Å². The highest BCUT2D eigenvalue weighted by Crippen LogP contribution is 2.27. The summed E-state index contributed by atoms with van der Waals surface area (Å²) in [7, 11) is 0. The first kappa shape index (κ1) is 9.36. The molecule has 0 amide bonds. The van der Waals surface area contributed by atoms with Crippen LogP contribution in [0.1, 0.15) is 6.42 Å². The van der Waals surface area contributed by atoms with Crippen LogP contribution in [0.2, 0.25) is 0 Å². The van der Waals surface area contributed by atoms with Gasteiger partial charge in [-0.25, -0.2) is 0 Å². The van der Waals surface area contributed by atoms with Crippen LogP contribution >= 0.6 is 0 Å². The zero-order valence-corrected chi connectivity index (χ0v) is 7.24. The topological polar surface area (TPSA) is 84.2 Å². The van der Waals surface area contributed by atoms with E-state index in [1.807, 2.05) is 4.90 Å². The first-order valence-corrected chi connectivity index (χ1v) is 4.57. The smallest absolute Gasteiger partial charge is 0.109 e. The minimum Gasteiger partial charge on any atom is -0.391 e. The second kappa shape index (κ2) is 3.18. The van der Waals surface area contributed by atoms with E-state index in [1.54, 1.807) is 0 Å². The Hall–Kier alpha value is -0.200. The summed E-state index contributed by atoms with van der Waals surface area (Å²) in [6, 6.07) is -0.404. The minimum absolute atomic E-state index is 0.333. The molecule has 0 spiro atoms. The molecule has 0 saturated carbocycles. The van der Waals surface area contributed by atoms with E-state index in [0.717, 1.165) is 0 Å². The van der Waals surface area contributed by atoms with Gasteiger partial charge in [-0.3, -0.25) is 4.90 Å². The maximum absolute atomic E-state index is 9.58. The molecule has 2 aliphatic heterocycles. The molecule has 4 N–H and O–H groups in total. The summed E-state index contributed by atoms with van der Waals surface area (Å²) in [5, 5.41) is 37.8. The summed E-state index contributed by atoms with van der Waals surface area (Å²) in [6.07, 6.45) is -3.06. The van der Waals surface area contributed by atoms with Crippen LogP contribution in [0.15, 0.2) is 0 Å². The Morgan fingerprint density at radius 2 is 1.62 bits per heavy atom. The third-order valence-electron chi connectivity index (χ3n) is 3.04. The molecule has 2 saturated heterocycles. The summed E-state index contributed by atoms with van der Waals surface area (Å²) >= 11 is 0. The normalized spacial score (nSPS) is 52.2. The average Bonchev–Trinajstić information content (AvgIpc) is 2.43. The summed E-state index contributed by atoms with van der Waals surface area (Å²) in [6.45, 7) is 1.01. The molecular weight excluding hydrogens is 174 g/mol. The van der Waals surface area contributed by atoms with Crippen LogP contribution in [0, 0.1) is 0 Å². The zero-order chi connectivity index (χ0) is 9.59. The minimum atomic E-state index is -1.13. The molecule has 13 heavy (non-hydrogen) atoms. The highest BCUT2D eigenvalue weighted by molar-refractivity contribution is 5.01. The maximum Gasteiger partial charge on any atom is 0.109 e. The Morgan fingerprint density at radius 1 is 0.923 bits per heavy atom. The third-order valence-corrected chi connectivity index (χ3v) is 3.04. The van der Waals surface area contributed by atoms with Gasteiger partial charge in [0.15, 0.2) is 0 Å². The fourth-order valence-electron chi connectivity index (χ4n) is 2.30. The van der Waals surface area contributed by atoms with Crippen LogP contribution in [0.25, 0.3) is 0 Å². The fourth-order valence-corrected chi connectivity index (χ4v) is 2.30. The van der Waals surface area contributed by atoms with Crippen LogP contribution in [0.4, 0.5) is 0 Å². The molecule has 0 aliphatic carbocycles.